The van der Waals surface area contributed by atoms with Crippen LogP contribution in [0.3, 0.4) is 0 Å². The van der Waals surface area contributed by atoms with E-state index in [0.29, 0.717) is 18.2 Å². The summed E-state index contributed by atoms with van der Waals surface area (Å²) in [5.41, 5.74) is 7.09. The first-order valence-electron chi connectivity index (χ1n) is 6.49. The summed E-state index contributed by atoms with van der Waals surface area (Å²) < 4.78 is 0. The molecular weight excluding hydrogens is 244 g/mol. The summed E-state index contributed by atoms with van der Waals surface area (Å²) in [5, 5.41) is 21.0. The van der Waals surface area contributed by atoms with Crippen molar-refractivity contribution in [3.05, 3.63) is 23.4 Å². The molecule has 1 aromatic heterocycles. The highest BCUT2D eigenvalue weighted by Crippen LogP contribution is 2.28. The van der Waals surface area contributed by atoms with Crippen LogP contribution in [0.4, 0.5) is 5.82 Å². The van der Waals surface area contributed by atoms with E-state index in [-0.39, 0.29) is 12.4 Å². The summed E-state index contributed by atoms with van der Waals surface area (Å²) in [5.74, 6) is 0.852. The van der Waals surface area contributed by atoms with Crippen LogP contribution < -0.4 is 10.6 Å². The Morgan fingerprint density at radius 2 is 2.26 bits per heavy atom. The van der Waals surface area contributed by atoms with Gasteiger partial charge in [-0.2, -0.15) is 0 Å². The second kappa shape index (κ2) is 5.88. The van der Waals surface area contributed by atoms with Crippen LogP contribution in [-0.2, 0) is 0 Å². The van der Waals surface area contributed by atoms with Gasteiger partial charge in [0.15, 0.2) is 5.84 Å². The predicted molar refractivity (Wildman–Crippen MR) is 73.6 cm³/mol. The molecule has 1 aliphatic carbocycles. The Bertz CT molecular complexity index is 472. The van der Waals surface area contributed by atoms with Crippen LogP contribution in [0, 0.1) is 6.92 Å². The number of pyridine rings is 1. The van der Waals surface area contributed by atoms with Gasteiger partial charge in [-0.15, -0.1) is 0 Å². The molecule has 0 radical (unpaired) electrons. The van der Waals surface area contributed by atoms with Crippen molar-refractivity contribution in [2.45, 2.75) is 32.2 Å². The maximum Gasteiger partial charge on any atom is 0.170 e. The van der Waals surface area contributed by atoms with Gasteiger partial charge in [-0.3, -0.25) is 0 Å². The number of aromatic nitrogens is 1. The third kappa shape index (κ3) is 2.96. The molecule has 1 fully saturated rings. The van der Waals surface area contributed by atoms with Crippen molar-refractivity contribution in [3.63, 3.8) is 0 Å². The number of oxime groups is 1. The largest absolute Gasteiger partial charge is 0.409 e. The first kappa shape index (κ1) is 13.6. The molecule has 1 aromatic rings. The number of amidine groups is 1. The Kier molecular flexibility index (Phi) is 4.21. The fraction of sp³-hybridized carbons (Fsp3) is 0.538. The second-order valence-corrected chi connectivity index (χ2v) is 4.84. The Balaban J connectivity index is 2.33. The Hall–Kier alpha value is -1.82. The Labute approximate surface area is 112 Å². The molecule has 0 aromatic carbocycles. The minimum absolute atomic E-state index is 0.0734. The molecule has 0 aliphatic heterocycles. The van der Waals surface area contributed by atoms with Crippen molar-refractivity contribution in [1.29, 1.82) is 0 Å². The van der Waals surface area contributed by atoms with Crippen molar-refractivity contribution in [2.24, 2.45) is 10.9 Å². The van der Waals surface area contributed by atoms with Crippen molar-refractivity contribution < 1.29 is 10.3 Å². The van der Waals surface area contributed by atoms with Crippen LogP contribution in [0.25, 0.3) is 0 Å². The number of nitrogens with two attached hydrogens (primary N) is 1. The van der Waals surface area contributed by atoms with Gasteiger partial charge in [-0.1, -0.05) is 5.16 Å². The molecule has 0 unspecified atom stereocenters. The van der Waals surface area contributed by atoms with Crippen LogP contribution in [-0.4, -0.2) is 40.3 Å². The van der Waals surface area contributed by atoms with Crippen LogP contribution in [0.2, 0.25) is 0 Å². The van der Waals surface area contributed by atoms with Gasteiger partial charge >= 0.3 is 0 Å². The zero-order chi connectivity index (χ0) is 13.8. The third-order valence-electron chi connectivity index (χ3n) is 3.49. The van der Waals surface area contributed by atoms with E-state index in [4.69, 9.17) is 10.9 Å². The molecule has 4 N–H and O–H groups in total. The summed E-state index contributed by atoms with van der Waals surface area (Å²) in [6, 6.07) is 4.01. The van der Waals surface area contributed by atoms with Crippen molar-refractivity contribution in [2.75, 3.05) is 18.1 Å². The van der Waals surface area contributed by atoms with E-state index >= 15 is 0 Å². The molecule has 1 saturated carbocycles. The molecule has 19 heavy (non-hydrogen) atoms. The molecule has 0 atom stereocenters. The van der Waals surface area contributed by atoms with E-state index in [0.717, 1.165) is 24.4 Å². The first-order valence-corrected chi connectivity index (χ1v) is 6.49. The quantitative estimate of drug-likeness (QED) is 0.317. The summed E-state index contributed by atoms with van der Waals surface area (Å²) in [4.78, 5) is 6.60. The van der Waals surface area contributed by atoms with E-state index < -0.39 is 0 Å². The number of aryl methyl sites for hydroxylation is 1. The average Bonchev–Trinajstić information content (AvgIpc) is 2.34. The van der Waals surface area contributed by atoms with Gasteiger partial charge in [-0.25, -0.2) is 4.98 Å². The monoisotopic (exact) mass is 264 g/mol. The summed E-state index contributed by atoms with van der Waals surface area (Å²) in [6.07, 6.45) is 3.45. The lowest BCUT2D eigenvalue weighted by molar-refractivity contribution is 0.283. The number of nitrogens with zero attached hydrogens (tertiary/aromatic N) is 3. The number of rotatable bonds is 5. The Morgan fingerprint density at radius 1 is 1.53 bits per heavy atom. The lowest BCUT2D eigenvalue weighted by atomic mass is 9.91. The van der Waals surface area contributed by atoms with Crippen molar-refractivity contribution in [3.8, 4) is 0 Å². The normalized spacial score (nSPS) is 16.2. The van der Waals surface area contributed by atoms with Crippen LogP contribution in [0.5, 0.6) is 0 Å². The summed E-state index contributed by atoms with van der Waals surface area (Å²) in [6.45, 7) is 2.51. The molecule has 0 bridgehead atoms. The minimum Gasteiger partial charge on any atom is -0.409 e. The molecular formula is C13H20N4O2. The molecule has 1 heterocycles. The smallest absolute Gasteiger partial charge is 0.170 e. The van der Waals surface area contributed by atoms with Gasteiger partial charge in [0.2, 0.25) is 0 Å². The second-order valence-electron chi connectivity index (χ2n) is 4.84. The standard InChI is InChI=1S/C13H20N4O2/c1-9-7-10(13(14)16-19)8-12(15-9)17(5-6-18)11-3-2-4-11/h7-8,11,18-19H,2-6H2,1H3,(H2,14,16). The van der Waals surface area contributed by atoms with Crippen LogP contribution >= 0.6 is 0 Å². The van der Waals surface area contributed by atoms with E-state index in [1.807, 2.05) is 6.92 Å². The van der Waals surface area contributed by atoms with E-state index in [1.54, 1.807) is 12.1 Å². The topological polar surface area (TPSA) is 95.0 Å². The first-order chi connectivity index (χ1) is 9.15. The van der Waals surface area contributed by atoms with Gasteiger partial charge in [0.05, 0.1) is 6.61 Å². The maximum atomic E-state index is 9.20. The van der Waals surface area contributed by atoms with E-state index in [2.05, 4.69) is 15.0 Å². The highest BCUT2D eigenvalue weighted by Gasteiger charge is 2.26. The molecule has 0 spiro atoms. The lowest BCUT2D eigenvalue weighted by Gasteiger charge is -2.38. The van der Waals surface area contributed by atoms with E-state index in [9.17, 15) is 5.11 Å². The lowest BCUT2D eigenvalue weighted by Crippen LogP contribution is -2.42. The van der Waals surface area contributed by atoms with Crippen molar-refractivity contribution in [1.82, 2.24) is 4.98 Å². The molecule has 104 valence electrons. The number of hydrogen-bond acceptors (Lipinski definition) is 5. The van der Waals surface area contributed by atoms with Gasteiger partial charge in [-0.05, 0) is 38.3 Å². The Morgan fingerprint density at radius 3 is 2.79 bits per heavy atom. The SMILES string of the molecule is Cc1cc(/C(N)=N/O)cc(N(CCO)C2CCC2)n1. The molecule has 6 nitrogen and oxygen atoms in total. The predicted octanol–water partition coefficient (Wildman–Crippen LogP) is 0.836. The molecule has 2 rings (SSSR count). The molecule has 0 amide bonds. The minimum atomic E-state index is 0.0734. The molecule has 1 aliphatic rings. The number of anilines is 1. The maximum absolute atomic E-state index is 9.20. The number of hydrogen-bond donors (Lipinski definition) is 3. The molecule has 0 saturated heterocycles. The van der Waals surface area contributed by atoms with Crippen molar-refractivity contribution >= 4 is 11.7 Å². The molecule has 6 heteroatoms. The fourth-order valence-electron chi connectivity index (χ4n) is 2.29. The highest BCUT2D eigenvalue weighted by molar-refractivity contribution is 5.97. The zero-order valence-corrected chi connectivity index (χ0v) is 11.1. The number of aliphatic hydroxyl groups excluding tert-OH is 1. The average molecular weight is 264 g/mol. The van der Waals surface area contributed by atoms with Gasteiger partial charge in [0.1, 0.15) is 5.82 Å². The summed E-state index contributed by atoms with van der Waals surface area (Å²) >= 11 is 0. The van der Waals surface area contributed by atoms with Gasteiger partial charge in [0, 0.05) is 23.8 Å². The van der Waals surface area contributed by atoms with Gasteiger partial charge in [0.25, 0.3) is 0 Å². The van der Waals surface area contributed by atoms with Crippen LogP contribution in [0.15, 0.2) is 17.3 Å². The fourth-order valence-corrected chi connectivity index (χ4v) is 2.29. The van der Waals surface area contributed by atoms with Crippen LogP contribution in [0.1, 0.15) is 30.5 Å². The highest BCUT2D eigenvalue weighted by atomic mass is 16.4. The summed E-state index contributed by atoms with van der Waals surface area (Å²) in [7, 11) is 0. The zero-order valence-electron chi connectivity index (χ0n) is 11.1. The van der Waals surface area contributed by atoms with E-state index in [1.165, 1.54) is 6.42 Å². The van der Waals surface area contributed by atoms with Gasteiger partial charge < -0.3 is 20.9 Å². The third-order valence-corrected chi connectivity index (χ3v) is 3.49. The number of aliphatic hydroxyl groups is 1.